The highest BCUT2D eigenvalue weighted by Gasteiger charge is 2.25. The first-order valence-corrected chi connectivity index (χ1v) is 7.51. The molecule has 1 heterocycles. The van der Waals surface area contributed by atoms with E-state index in [1.165, 1.54) is 0 Å². The van der Waals surface area contributed by atoms with Crippen molar-refractivity contribution in [1.29, 1.82) is 0 Å². The van der Waals surface area contributed by atoms with Gasteiger partial charge in [-0.1, -0.05) is 35.3 Å². The Morgan fingerprint density at radius 3 is 2.57 bits per heavy atom. The fourth-order valence-corrected chi connectivity index (χ4v) is 2.55. The van der Waals surface area contributed by atoms with E-state index in [9.17, 15) is 13.6 Å². The Morgan fingerprint density at radius 2 is 2.00 bits per heavy atom. The minimum atomic E-state index is -3.02. The van der Waals surface area contributed by atoms with Crippen LogP contribution >= 0.6 is 23.2 Å². The SMILES string of the molecule is Cc1cccc(Cl)c1C(=O)NCc1ncc(C(C)(F)F)cc1Cl. The summed E-state index contributed by atoms with van der Waals surface area (Å²) in [5.41, 5.74) is 1.12. The van der Waals surface area contributed by atoms with Crippen LogP contribution in [0.5, 0.6) is 0 Å². The summed E-state index contributed by atoms with van der Waals surface area (Å²) in [6, 6.07) is 6.28. The number of carbonyl (C=O) groups is 1. The molecule has 0 aliphatic heterocycles. The summed E-state index contributed by atoms with van der Waals surface area (Å²) >= 11 is 12.0. The Morgan fingerprint density at radius 1 is 1.30 bits per heavy atom. The highest BCUT2D eigenvalue weighted by Crippen LogP contribution is 2.29. The Kier molecular flexibility index (Phi) is 5.22. The lowest BCUT2D eigenvalue weighted by atomic mass is 10.1. The normalized spacial score (nSPS) is 11.4. The number of halogens is 4. The van der Waals surface area contributed by atoms with Crippen molar-refractivity contribution in [3.05, 3.63) is 62.9 Å². The molecule has 1 N–H and O–H groups in total. The number of alkyl halides is 2. The molecule has 0 aliphatic rings. The molecule has 0 fully saturated rings. The largest absolute Gasteiger partial charge is 0.346 e. The standard InChI is InChI=1S/C16H14Cl2F2N2O/c1-9-4-3-5-11(17)14(9)15(23)22-8-13-12(18)6-10(7-21-13)16(2,19)20/h3-7H,8H2,1-2H3,(H,22,23). The third-order valence-corrected chi connectivity index (χ3v) is 3.93. The predicted octanol–water partition coefficient (Wildman–Crippen LogP) is 4.74. The summed E-state index contributed by atoms with van der Waals surface area (Å²) in [7, 11) is 0. The Labute approximate surface area is 142 Å². The van der Waals surface area contributed by atoms with Gasteiger partial charge >= 0.3 is 0 Å². The molecule has 2 aromatic rings. The van der Waals surface area contributed by atoms with Crippen molar-refractivity contribution in [2.24, 2.45) is 0 Å². The number of hydrogen-bond donors (Lipinski definition) is 1. The van der Waals surface area contributed by atoms with Crippen molar-refractivity contribution in [3.8, 4) is 0 Å². The van der Waals surface area contributed by atoms with E-state index in [0.717, 1.165) is 24.8 Å². The summed E-state index contributed by atoms with van der Waals surface area (Å²) in [6.07, 6.45) is 1.05. The van der Waals surface area contributed by atoms with Gasteiger partial charge in [0.25, 0.3) is 11.8 Å². The van der Waals surface area contributed by atoms with Gasteiger partial charge in [0, 0.05) is 18.7 Å². The first-order chi connectivity index (χ1) is 10.7. The lowest BCUT2D eigenvalue weighted by Crippen LogP contribution is -2.24. The van der Waals surface area contributed by atoms with Crippen LogP contribution in [-0.4, -0.2) is 10.9 Å². The van der Waals surface area contributed by atoms with Crippen LogP contribution in [-0.2, 0) is 12.5 Å². The molecule has 122 valence electrons. The third-order valence-electron chi connectivity index (χ3n) is 3.29. The van der Waals surface area contributed by atoms with Gasteiger partial charge in [0.2, 0.25) is 0 Å². The number of aromatic nitrogens is 1. The van der Waals surface area contributed by atoms with E-state index in [0.29, 0.717) is 16.3 Å². The lowest BCUT2D eigenvalue weighted by Gasteiger charge is -2.13. The van der Waals surface area contributed by atoms with Crippen molar-refractivity contribution < 1.29 is 13.6 Å². The van der Waals surface area contributed by atoms with Crippen LogP contribution in [0.1, 0.15) is 34.1 Å². The summed E-state index contributed by atoms with van der Waals surface area (Å²) in [5, 5.41) is 3.04. The minimum Gasteiger partial charge on any atom is -0.346 e. The molecule has 0 atom stereocenters. The summed E-state index contributed by atoms with van der Waals surface area (Å²) < 4.78 is 26.4. The average molecular weight is 359 g/mol. The predicted molar refractivity (Wildman–Crippen MR) is 86.2 cm³/mol. The highest BCUT2D eigenvalue weighted by molar-refractivity contribution is 6.34. The van der Waals surface area contributed by atoms with Crippen molar-refractivity contribution >= 4 is 29.1 Å². The molecule has 0 saturated carbocycles. The lowest BCUT2D eigenvalue weighted by molar-refractivity contribution is 0.0171. The summed E-state index contributed by atoms with van der Waals surface area (Å²) in [6.45, 7) is 2.55. The van der Waals surface area contributed by atoms with E-state index in [2.05, 4.69) is 10.3 Å². The van der Waals surface area contributed by atoms with Crippen LogP contribution in [0.3, 0.4) is 0 Å². The zero-order chi connectivity index (χ0) is 17.2. The fraction of sp³-hybridized carbons (Fsp3) is 0.250. The quantitative estimate of drug-likeness (QED) is 0.857. The molecular weight excluding hydrogens is 345 g/mol. The van der Waals surface area contributed by atoms with E-state index < -0.39 is 5.92 Å². The Balaban J connectivity index is 2.14. The number of hydrogen-bond acceptors (Lipinski definition) is 2. The van der Waals surface area contributed by atoms with Crippen LogP contribution < -0.4 is 5.32 Å². The number of amides is 1. The molecule has 0 spiro atoms. The molecule has 1 aromatic heterocycles. The van der Waals surface area contributed by atoms with Crippen LogP contribution in [0.2, 0.25) is 10.0 Å². The second-order valence-corrected chi connectivity index (χ2v) is 5.97. The van der Waals surface area contributed by atoms with Crippen LogP contribution in [0, 0.1) is 6.92 Å². The van der Waals surface area contributed by atoms with E-state index in [1.54, 1.807) is 25.1 Å². The smallest absolute Gasteiger partial charge is 0.272 e. The van der Waals surface area contributed by atoms with Gasteiger partial charge < -0.3 is 5.32 Å². The van der Waals surface area contributed by atoms with E-state index in [-0.39, 0.29) is 23.0 Å². The minimum absolute atomic E-state index is 0.0118. The van der Waals surface area contributed by atoms with Gasteiger partial charge in [-0.3, -0.25) is 9.78 Å². The summed E-state index contributed by atoms with van der Waals surface area (Å²) in [4.78, 5) is 16.1. The average Bonchev–Trinajstić information content (AvgIpc) is 2.44. The third kappa shape index (κ3) is 4.18. The van der Waals surface area contributed by atoms with Gasteiger partial charge in [0.05, 0.1) is 27.8 Å². The molecule has 7 heteroatoms. The second kappa shape index (κ2) is 6.81. The maximum absolute atomic E-state index is 13.2. The maximum Gasteiger partial charge on any atom is 0.272 e. The molecular formula is C16H14Cl2F2N2O. The van der Waals surface area contributed by atoms with Gasteiger partial charge in [0.1, 0.15) is 0 Å². The maximum atomic E-state index is 13.2. The monoisotopic (exact) mass is 358 g/mol. The van der Waals surface area contributed by atoms with Gasteiger partial charge in [-0.05, 0) is 24.6 Å². The fourth-order valence-electron chi connectivity index (χ4n) is 2.01. The van der Waals surface area contributed by atoms with Gasteiger partial charge in [0.15, 0.2) is 0 Å². The van der Waals surface area contributed by atoms with Gasteiger partial charge in [-0.15, -0.1) is 0 Å². The number of nitrogens with zero attached hydrogens (tertiary/aromatic N) is 1. The first kappa shape index (κ1) is 17.6. The van der Waals surface area contributed by atoms with Gasteiger partial charge in [-0.2, -0.15) is 0 Å². The number of nitrogens with one attached hydrogen (secondary N) is 1. The molecule has 0 bridgehead atoms. The van der Waals surface area contributed by atoms with E-state index >= 15 is 0 Å². The second-order valence-electron chi connectivity index (χ2n) is 5.16. The van der Waals surface area contributed by atoms with Crippen molar-refractivity contribution in [1.82, 2.24) is 10.3 Å². The zero-order valence-electron chi connectivity index (χ0n) is 12.5. The first-order valence-electron chi connectivity index (χ1n) is 6.76. The summed E-state index contributed by atoms with van der Waals surface area (Å²) in [5.74, 6) is -3.40. The van der Waals surface area contributed by atoms with E-state index in [4.69, 9.17) is 23.2 Å². The number of aryl methyl sites for hydroxylation is 1. The van der Waals surface area contributed by atoms with Crippen LogP contribution in [0.4, 0.5) is 8.78 Å². The van der Waals surface area contributed by atoms with Crippen molar-refractivity contribution in [2.75, 3.05) is 0 Å². The van der Waals surface area contributed by atoms with Crippen molar-refractivity contribution in [3.63, 3.8) is 0 Å². The van der Waals surface area contributed by atoms with E-state index in [1.807, 2.05) is 0 Å². The number of benzene rings is 1. The Hall–Kier alpha value is -1.72. The Bertz CT molecular complexity index is 725. The molecule has 0 saturated heterocycles. The van der Waals surface area contributed by atoms with Crippen LogP contribution in [0.25, 0.3) is 0 Å². The molecule has 0 aliphatic carbocycles. The topological polar surface area (TPSA) is 42.0 Å². The molecule has 23 heavy (non-hydrogen) atoms. The molecule has 2 rings (SSSR count). The zero-order valence-corrected chi connectivity index (χ0v) is 14.0. The molecule has 1 aromatic carbocycles. The molecule has 0 radical (unpaired) electrons. The number of rotatable bonds is 4. The molecule has 0 unspecified atom stereocenters. The van der Waals surface area contributed by atoms with Crippen LogP contribution in [0.15, 0.2) is 30.5 Å². The van der Waals surface area contributed by atoms with Gasteiger partial charge in [-0.25, -0.2) is 8.78 Å². The highest BCUT2D eigenvalue weighted by atomic mass is 35.5. The van der Waals surface area contributed by atoms with Crippen molar-refractivity contribution in [2.45, 2.75) is 26.3 Å². The molecule has 1 amide bonds. The number of carbonyl (C=O) groups excluding carboxylic acids is 1. The number of pyridine rings is 1. The molecule has 3 nitrogen and oxygen atoms in total.